The van der Waals surface area contributed by atoms with Crippen LogP contribution < -0.4 is 11.1 Å². The van der Waals surface area contributed by atoms with Gasteiger partial charge in [-0.05, 0) is 31.0 Å². The van der Waals surface area contributed by atoms with Gasteiger partial charge in [-0.15, -0.1) is 0 Å². The predicted molar refractivity (Wildman–Crippen MR) is 59.1 cm³/mol. The molecule has 1 aromatic rings. The number of carbonyl (C=O) groups is 1. The molecule has 0 aliphatic rings. The minimum absolute atomic E-state index is 0.0295. The third kappa shape index (κ3) is 3.32. The average molecular weight is 207 g/mol. The van der Waals surface area contributed by atoms with E-state index >= 15 is 0 Å². The molecule has 0 saturated carbocycles. The number of nitrogens with zero attached hydrogens (tertiary/aromatic N) is 1. The van der Waals surface area contributed by atoms with E-state index in [1.165, 1.54) is 0 Å². The molecule has 4 heteroatoms. The van der Waals surface area contributed by atoms with Gasteiger partial charge in [-0.3, -0.25) is 9.78 Å². The summed E-state index contributed by atoms with van der Waals surface area (Å²) in [6.07, 6.45) is 4.06. The fourth-order valence-electron chi connectivity index (χ4n) is 1.24. The molecule has 15 heavy (non-hydrogen) atoms. The lowest BCUT2D eigenvalue weighted by Crippen LogP contribution is -2.41. The zero-order valence-corrected chi connectivity index (χ0v) is 9.10. The number of rotatable bonds is 4. The van der Waals surface area contributed by atoms with Gasteiger partial charge in [0.2, 0.25) is 5.91 Å². The first-order chi connectivity index (χ1) is 7.15. The van der Waals surface area contributed by atoms with E-state index in [4.69, 9.17) is 5.73 Å². The van der Waals surface area contributed by atoms with Crippen LogP contribution in [0.4, 0.5) is 0 Å². The van der Waals surface area contributed by atoms with Gasteiger partial charge in [0, 0.05) is 12.4 Å². The Bertz CT molecular complexity index is 313. The molecule has 1 aromatic heterocycles. The van der Waals surface area contributed by atoms with Crippen LogP contribution in [0.15, 0.2) is 24.5 Å². The monoisotopic (exact) mass is 207 g/mol. The maximum atomic E-state index is 11.5. The molecule has 1 rings (SSSR count). The Hall–Kier alpha value is -1.42. The van der Waals surface area contributed by atoms with Gasteiger partial charge in [-0.2, -0.15) is 0 Å². The summed E-state index contributed by atoms with van der Waals surface area (Å²) in [7, 11) is 0. The molecular weight excluding hydrogens is 190 g/mol. The van der Waals surface area contributed by atoms with Crippen molar-refractivity contribution >= 4 is 5.91 Å². The van der Waals surface area contributed by atoms with E-state index in [1.807, 2.05) is 26.0 Å². The van der Waals surface area contributed by atoms with Crippen molar-refractivity contribution in [2.45, 2.75) is 32.4 Å². The summed E-state index contributed by atoms with van der Waals surface area (Å²) in [5, 5.41) is 2.86. The van der Waals surface area contributed by atoms with Crippen LogP contribution in [0.5, 0.6) is 0 Å². The number of amides is 1. The largest absolute Gasteiger partial charge is 0.348 e. The first kappa shape index (κ1) is 11.7. The van der Waals surface area contributed by atoms with Crippen molar-refractivity contribution in [1.82, 2.24) is 10.3 Å². The van der Waals surface area contributed by atoms with E-state index in [2.05, 4.69) is 10.3 Å². The maximum absolute atomic E-state index is 11.5. The second-order valence-electron chi connectivity index (χ2n) is 3.53. The molecule has 82 valence electrons. The van der Waals surface area contributed by atoms with Crippen molar-refractivity contribution in [2.75, 3.05) is 0 Å². The minimum atomic E-state index is -0.422. The van der Waals surface area contributed by atoms with Crippen molar-refractivity contribution in [3.05, 3.63) is 30.1 Å². The first-order valence-electron chi connectivity index (χ1n) is 5.11. The molecule has 0 bridgehead atoms. The van der Waals surface area contributed by atoms with Gasteiger partial charge in [-0.1, -0.05) is 6.92 Å². The fraction of sp³-hybridized carbons (Fsp3) is 0.455. The van der Waals surface area contributed by atoms with Crippen molar-refractivity contribution in [1.29, 1.82) is 0 Å². The summed E-state index contributed by atoms with van der Waals surface area (Å²) < 4.78 is 0. The lowest BCUT2D eigenvalue weighted by molar-refractivity contribution is -0.123. The Morgan fingerprint density at radius 3 is 2.67 bits per heavy atom. The Labute approximate surface area is 89.9 Å². The highest BCUT2D eigenvalue weighted by Crippen LogP contribution is 2.10. The van der Waals surface area contributed by atoms with Gasteiger partial charge >= 0.3 is 0 Å². The number of aromatic nitrogens is 1. The van der Waals surface area contributed by atoms with Gasteiger partial charge < -0.3 is 11.1 Å². The Morgan fingerprint density at radius 2 is 2.13 bits per heavy atom. The third-order valence-electron chi connectivity index (χ3n) is 2.34. The molecule has 1 heterocycles. The van der Waals surface area contributed by atoms with Crippen LogP contribution >= 0.6 is 0 Å². The molecule has 0 saturated heterocycles. The standard InChI is InChI=1S/C11H17N3O/c1-3-10(12)11(15)14-8(2)9-4-6-13-7-5-9/h4-8,10H,3,12H2,1-2H3,(H,14,15)/t8-,10-/m1/s1. The smallest absolute Gasteiger partial charge is 0.237 e. The van der Waals surface area contributed by atoms with E-state index in [9.17, 15) is 4.79 Å². The number of nitrogens with one attached hydrogen (secondary N) is 1. The van der Waals surface area contributed by atoms with Gasteiger partial charge in [-0.25, -0.2) is 0 Å². The van der Waals surface area contributed by atoms with Gasteiger partial charge in [0.15, 0.2) is 0 Å². The van der Waals surface area contributed by atoms with Crippen LogP contribution in [0.25, 0.3) is 0 Å². The van der Waals surface area contributed by atoms with Crippen LogP contribution in [0.3, 0.4) is 0 Å². The van der Waals surface area contributed by atoms with Crippen LogP contribution in [-0.4, -0.2) is 16.9 Å². The van der Waals surface area contributed by atoms with Crippen molar-refractivity contribution in [3.8, 4) is 0 Å². The normalized spacial score (nSPS) is 14.3. The molecule has 4 nitrogen and oxygen atoms in total. The summed E-state index contributed by atoms with van der Waals surface area (Å²) in [6.45, 7) is 3.82. The second kappa shape index (κ2) is 5.46. The van der Waals surface area contributed by atoms with E-state index in [-0.39, 0.29) is 11.9 Å². The van der Waals surface area contributed by atoms with Gasteiger partial charge in [0.25, 0.3) is 0 Å². The van der Waals surface area contributed by atoms with Crippen molar-refractivity contribution in [2.24, 2.45) is 5.73 Å². The molecule has 3 N–H and O–H groups in total. The van der Waals surface area contributed by atoms with Crippen LogP contribution in [0.1, 0.15) is 31.9 Å². The van der Waals surface area contributed by atoms with E-state index in [0.717, 1.165) is 5.56 Å². The SMILES string of the molecule is CC[C@@H](N)C(=O)N[C@H](C)c1ccncc1. The Morgan fingerprint density at radius 1 is 1.53 bits per heavy atom. The topological polar surface area (TPSA) is 68.0 Å². The summed E-state index contributed by atoms with van der Waals surface area (Å²) in [5.41, 5.74) is 6.65. The summed E-state index contributed by atoms with van der Waals surface area (Å²) in [6, 6.07) is 3.30. The molecule has 0 aliphatic carbocycles. The minimum Gasteiger partial charge on any atom is -0.348 e. The Balaban J connectivity index is 2.56. The molecule has 0 fully saturated rings. The zero-order chi connectivity index (χ0) is 11.3. The van der Waals surface area contributed by atoms with Crippen LogP contribution in [0, 0.1) is 0 Å². The highest BCUT2D eigenvalue weighted by molar-refractivity contribution is 5.81. The molecule has 1 amide bonds. The van der Waals surface area contributed by atoms with E-state index < -0.39 is 6.04 Å². The highest BCUT2D eigenvalue weighted by atomic mass is 16.2. The molecule has 0 radical (unpaired) electrons. The van der Waals surface area contributed by atoms with Crippen LogP contribution in [-0.2, 0) is 4.79 Å². The molecular formula is C11H17N3O. The quantitative estimate of drug-likeness (QED) is 0.773. The zero-order valence-electron chi connectivity index (χ0n) is 9.10. The predicted octanol–water partition coefficient (Wildman–Crippen LogP) is 0.996. The van der Waals surface area contributed by atoms with E-state index in [1.54, 1.807) is 12.4 Å². The summed E-state index contributed by atoms with van der Waals surface area (Å²) in [5.74, 6) is -0.109. The van der Waals surface area contributed by atoms with Gasteiger partial charge in [0.1, 0.15) is 0 Å². The number of hydrogen-bond acceptors (Lipinski definition) is 3. The number of hydrogen-bond donors (Lipinski definition) is 2. The lowest BCUT2D eigenvalue weighted by Gasteiger charge is -2.16. The first-order valence-corrected chi connectivity index (χ1v) is 5.11. The number of pyridine rings is 1. The van der Waals surface area contributed by atoms with Crippen molar-refractivity contribution in [3.63, 3.8) is 0 Å². The maximum Gasteiger partial charge on any atom is 0.237 e. The van der Waals surface area contributed by atoms with Crippen molar-refractivity contribution < 1.29 is 4.79 Å². The molecule has 2 atom stereocenters. The summed E-state index contributed by atoms with van der Waals surface area (Å²) in [4.78, 5) is 15.4. The number of carbonyl (C=O) groups excluding carboxylic acids is 1. The fourth-order valence-corrected chi connectivity index (χ4v) is 1.24. The summed E-state index contributed by atoms with van der Waals surface area (Å²) >= 11 is 0. The van der Waals surface area contributed by atoms with Crippen LogP contribution in [0.2, 0.25) is 0 Å². The van der Waals surface area contributed by atoms with E-state index in [0.29, 0.717) is 6.42 Å². The molecule has 0 aliphatic heterocycles. The third-order valence-corrected chi connectivity index (χ3v) is 2.34. The molecule has 0 aromatic carbocycles. The Kier molecular flexibility index (Phi) is 4.24. The average Bonchev–Trinajstić information content (AvgIpc) is 2.29. The highest BCUT2D eigenvalue weighted by Gasteiger charge is 2.14. The molecule has 0 spiro atoms. The van der Waals surface area contributed by atoms with Gasteiger partial charge in [0.05, 0.1) is 12.1 Å². The number of nitrogens with two attached hydrogens (primary N) is 1. The molecule has 0 unspecified atom stereocenters. The lowest BCUT2D eigenvalue weighted by atomic mass is 10.1. The second-order valence-corrected chi connectivity index (χ2v) is 3.53.